The first-order valence-corrected chi connectivity index (χ1v) is 6.96. The molecule has 0 aromatic heterocycles. The summed E-state index contributed by atoms with van der Waals surface area (Å²) in [5.74, 6) is 0.252. The fourth-order valence-electron chi connectivity index (χ4n) is 2.62. The minimum atomic E-state index is 0.252. The molecule has 4 nitrogen and oxygen atoms in total. The first kappa shape index (κ1) is 12.8. The first-order chi connectivity index (χ1) is 8.36. The van der Waals surface area contributed by atoms with Crippen molar-refractivity contribution in [1.82, 2.24) is 10.2 Å². The minimum absolute atomic E-state index is 0.252. The topological polar surface area (TPSA) is 41.6 Å². The van der Waals surface area contributed by atoms with Crippen molar-refractivity contribution in [3.8, 4) is 0 Å². The summed E-state index contributed by atoms with van der Waals surface area (Å²) >= 11 is 0. The second-order valence-corrected chi connectivity index (χ2v) is 5.01. The van der Waals surface area contributed by atoms with Gasteiger partial charge in [-0.1, -0.05) is 19.3 Å². The van der Waals surface area contributed by atoms with Gasteiger partial charge in [-0.05, 0) is 12.8 Å². The molecule has 0 aromatic carbocycles. The molecule has 1 heterocycles. The number of carbonyl (C=O) groups is 1. The molecule has 0 atom stereocenters. The van der Waals surface area contributed by atoms with Gasteiger partial charge >= 0.3 is 0 Å². The number of hydrogen-bond donors (Lipinski definition) is 1. The molecule has 1 aliphatic carbocycles. The number of rotatable bonds is 4. The van der Waals surface area contributed by atoms with E-state index in [4.69, 9.17) is 4.74 Å². The van der Waals surface area contributed by atoms with E-state index in [9.17, 15) is 4.79 Å². The zero-order valence-electron chi connectivity index (χ0n) is 10.6. The highest BCUT2D eigenvalue weighted by Crippen LogP contribution is 2.20. The molecular weight excluding hydrogens is 216 g/mol. The molecule has 0 unspecified atom stereocenters. The van der Waals surface area contributed by atoms with E-state index in [1.165, 1.54) is 32.1 Å². The van der Waals surface area contributed by atoms with Crippen molar-refractivity contribution >= 4 is 5.91 Å². The number of amides is 1. The van der Waals surface area contributed by atoms with Gasteiger partial charge in [0.2, 0.25) is 5.91 Å². The van der Waals surface area contributed by atoms with Crippen molar-refractivity contribution in [2.45, 2.75) is 44.6 Å². The molecule has 1 aliphatic heterocycles. The number of hydrogen-bond acceptors (Lipinski definition) is 3. The molecule has 0 spiro atoms. The van der Waals surface area contributed by atoms with Gasteiger partial charge in [0.05, 0.1) is 19.1 Å². The number of piperazine rings is 1. The lowest BCUT2D eigenvalue weighted by atomic mass is 9.98. The Morgan fingerprint density at radius 1 is 1.18 bits per heavy atom. The third-order valence-electron chi connectivity index (χ3n) is 3.69. The van der Waals surface area contributed by atoms with Gasteiger partial charge in [-0.3, -0.25) is 4.79 Å². The van der Waals surface area contributed by atoms with Crippen LogP contribution in [0.2, 0.25) is 0 Å². The number of nitrogens with zero attached hydrogens (tertiary/aromatic N) is 1. The van der Waals surface area contributed by atoms with Crippen molar-refractivity contribution in [2.24, 2.45) is 0 Å². The normalized spacial score (nSPS) is 22.7. The third-order valence-corrected chi connectivity index (χ3v) is 3.69. The summed E-state index contributed by atoms with van der Waals surface area (Å²) in [5.41, 5.74) is 0. The number of nitrogens with one attached hydrogen (secondary N) is 1. The van der Waals surface area contributed by atoms with Gasteiger partial charge in [-0.15, -0.1) is 0 Å². The van der Waals surface area contributed by atoms with Crippen LogP contribution in [0, 0.1) is 0 Å². The van der Waals surface area contributed by atoms with Crippen LogP contribution in [0.5, 0.6) is 0 Å². The molecule has 1 saturated heterocycles. The highest BCUT2D eigenvalue weighted by Gasteiger charge is 2.17. The molecule has 0 aromatic rings. The molecule has 0 radical (unpaired) electrons. The predicted molar refractivity (Wildman–Crippen MR) is 66.9 cm³/mol. The Balaban J connectivity index is 1.58. The summed E-state index contributed by atoms with van der Waals surface area (Å²) in [5, 5.41) is 3.25. The molecule has 17 heavy (non-hydrogen) atoms. The summed E-state index contributed by atoms with van der Waals surface area (Å²) < 4.78 is 5.78. The minimum Gasteiger partial charge on any atom is -0.378 e. The van der Waals surface area contributed by atoms with Gasteiger partial charge < -0.3 is 15.0 Å². The van der Waals surface area contributed by atoms with E-state index in [0.717, 1.165) is 26.2 Å². The largest absolute Gasteiger partial charge is 0.378 e. The highest BCUT2D eigenvalue weighted by molar-refractivity contribution is 5.76. The van der Waals surface area contributed by atoms with Crippen molar-refractivity contribution < 1.29 is 9.53 Å². The average Bonchev–Trinajstić information content (AvgIpc) is 2.41. The van der Waals surface area contributed by atoms with Crippen LogP contribution in [0.1, 0.15) is 38.5 Å². The summed E-state index contributed by atoms with van der Waals surface area (Å²) in [6, 6.07) is 0. The Kier molecular flexibility index (Phi) is 5.26. The van der Waals surface area contributed by atoms with E-state index in [2.05, 4.69) is 5.32 Å². The lowest BCUT2D eigenvalue weighted by Crippen LogP contribution is -2.46. The predicted octanol–water partition coefficient (Wildman–Crippen LogP) is 1.16. The van der Waals surface area contributed by atoms with Crippen LogP contribution in [0.15, 0.2) is 0 Å². The maximum Gasteiger partial charge on any atom is 0.224 e. The van der Waals surface area contributed by atoms with Crippen LogP contribution < -0.4 is 5.32 Å². The van der Waals surface area contributed by atoms with Crippen LogP contribution in [-0.2, 0) is 9.53 Å². The van der Waals surface area contributed by atoms with Crippen molar-refractivity contribution in [1.29, 1.82) is 0 Å². The zero-order valence-corrected chi connectivity index (χ0v) is 10.6. The van der Waals surface area contributed by atoms with Gasteiger partial charge in [-0.2, -0.15) is 0 Å². The Bertz CT molecular complexity index is 234. The monoisotopic (exact) mass is 240 g/mol. The van der Waals surface area contributed by atoms with E-state index in [1.807, 2.05) is 4.90 Å². The van der Waals surface area contributed by atoms with Gasteiger partial charge in [-0.25, -0.2) is 0 Å². The second kappa shape index (κ2) is 6.97. The Hall–Kier alpha value is -0.610. The van der Waals surface area contributed by atoms with Crippen LogP contribution in [0.3, 0.4) is 0 Å². The molecule has 2 aliphatic rings. The maximum absolute atomic E-state index is 11.9. The van der Waals surface area contributed by atoms with Gasteiger partial charge in [0.25, 0.3) is 0 Å². The Labute approximate surface area is 104 Å². The molecule has 4 heteroatoms. The average molecular weight is 240 g/mol. The van der Waals surface area contributed by atoms with Crippen molar-refractivity contribution in [3.05, 3.63) is 0 Å². The smallest absolute Gasteiger partial charge is 0.224 e. The lowest BCUT2D eigenvalue weighted by molar-refractivity contribution is -0.133. The first-order valence-electron chi connectivity index (χ1n) is 6.96. The standard InChI is InChI=1S/C13H24N2O2/c16-13(15-9-7-14-8-10-15)6-11-17-12-4-2-1-3-5-12/h12,14H,1-11H2. The summed E-state index contributed by atoms with van der Waals surface area (Å²) in [6.07, 6.45) is 7.26. The molecular formula is C13H24N2O2. The molecule has 0 bridgehead atoms. The molecule has 1 N–H and O–H groups in total. The maximum atomic E-state index is 11.9. The van der Waals surface area contributed by atoms with Crippen LogP contribution in [0.4, 0.5) is 0 Å². The van der Waals surface area contributed by atoms with E-state index >= 15 is 0 Å². The fraction of sp³-hybridized carbons (Fsp3) is 0.923. The quantitative estimate of drug-likeness (QED) is 0.801. The van der Waals surface area contributed by atoms with E-state index in [0.29, 0.717) is 19.1 Å². The number of carbonyl (C=O) groups excluding carboxylic acids is 1. The third kappa shape index (κ3) is 4.28. The van der Waals surface area contributed by atoms with Gasteiger partial charge in [0.15, 0.2) is 0 Å². The summed E-state index contributed by atoms with van der Waals surface area (Å²) in [4.78, 5) is 13.8. The molecule has 1 amide bonds. The molecule has 1 saturated carbocycles. The Morgan fingerprint density at radius 2 is 1.88 bits per heavy atom. The van der Waals surface area contributed by atoms with Crippen LogP contribution in [0.25, 0.3) is 0 Å². The molecule has 2 fully saturated rings. The van der Waals surface area contributed by atoms with Crippen molar-refractivity contribution in [3.63, 3.8) is 0 Å². The van der Waals surface area contributed by atoms with E-state index in [-0.39, 0.29) is 5.91 Å². The highest BCUT2D eigenvalue weighted by atomic mass is 16.5. The van der Waals surface area contributed by atoms with Crippen LogP contribution in [-0.4, -0.2) is 49.7 Å². The summed E-state index contributed by atoms with van der Waals surface area (Å²) in [6.45, 7) is 4.16. The van der Waals surface area contributed by atoms with Crippen molar-refractivity contribution in [2.75, 3.05) is 32.8 Å². The SMILES string of the molecule is O=C(CCOC1CCCCC1)N1CCNCC1. The van der Waals surface area contributed by atoms with E-state index in [1.54, 1.807) is 0 Å². The van der Waals surface area contributed by atoms with Gasteiger partial charge in [0, 0.05) is 26.2 Å². The zero-order chi connectivity index (χ0) is 11.9. The van der Waals surface area contributed by atoms with E-state index < -0.39 is 0 Å². The second-order valence-electron chi connectivity index (χ2n) is 5.01. The fourth-order valence-corrected chi connectivity index (χ4v) is 2.62. The van der Waals surface area contributed by atoms with Gasteiger partial charge in [0.1, 0.15) is 0 Å². The lowest BCUT2D eigenvalue weighted by Gasteiger charge is -2.28. The molecule has 2 rings (SSSR count). The Morgan fingerprint density at radius 3 is 2.59 bits per heavy atom. The molecule has 98 valence electrons. The summed E-state index contributed by atoms with van der Waals surface area (Å²) in [7, 11) is 0. The van der Waals surface area contributed by atoms with Crippen LogP contribution >= 0.6 is 0 Å². The number of ether oxygens (including phenoxy) is 1.